The van der Waals surface area contributed by atoms with Crippen LogP contribution in [0.1, 0.15) is 0 Å². The Hall–Kier alpha value is -3.98. The Morgan fingerprint density at radius 1 is 1.10 bits per heavy atom. The molecule has 0 aliphatic heterocycles. The number of nitrogens with zero attached hydrogens (tertiary/aromatic N) is 4. The van der Waals surface area contributed by atoms with Gasteiger partial charge in [-0.2, -0.15) is 4.98 Å². The zero-order valence-corrected chi connectivity index (χ0v) is 16.4. The molecule has 0 aliphatic carbocycles. The van der Waals surface area contributed by atoms with Crippen molar-refractivity contribution in [1.29, 1.82) is 0 Å². The van der Waals surface area contributed by atoms with Gasteiger partial charge in [0, 0.05) is 23.3 Å². The van der Waals surface area contributed by atoms with Gasteiger partial charge < -0.3 is 15.4 Å². The number of fused-ring (bicyclic) bond motifs is 1. The van der Waals surface area contributed by atoms with Crippen molar-refractivity contribution < 1.29 is 9.66 Å². The first kappa shape index (κ1) is 19.3. The van der Waals surface area contributed by atoms with E-state index in [2.05, 4.69) is 25.6 Å². The number of benzene rings is 2. The molecule has 2 heterocycles. The molecule has 9 nitrogen and oxygen atoms in total. The number of hydrogen-bond acceptors (Lipinski definition) is 8. The summed E-state index contributed by atoms with van der Waals surface area (Å²) in [6.45, 7) is 0. The van der Waals surface area contributed by atoms with Gasteiger partial charge in [0.25, 0.3) is 5.69 Å². The molecule has 30 heavy (non-hydrogen) atoms. The molecular weight excluding hydrogens is 408 g/mol. The second-order valence-electron chi connectivity index (χ2n) is 6.19. The van der Waals surface area contributed by atoms with Crippen LogP contribution in [-0.4, -0.2) is 27.0 Å². The first-order chi connectivity index (χ1) is 14.5. The third-order valence-corrected chi connectivity index (χ3v) is 4.53. The summed E-state index contributed by atoms with van der Waals surface area (Å²) in [5.74, 6) is 0.939. The van der Waals surface area contributed by atoms with Crippen molar-refractivity contribution in [3.63, 3.8) is 0 Å². The van der Waals surface area contributed by atoms with Crippen LogP contribution >= 0.6 is 11.6 Å². The van der Waals surface area contributed by atoms with Crippen molar-refractivity contribution in [2.75, 3.05) is 17.7 Å². The van der Waals surface area contributed by atoms with Crippen LogP contribution in [0.3, 0.4) is 0 Å². The second kappa shape index (κ2) is 8.18. The first-order valence-corrected chi connectivity index (χ1v) is 9.15. The van der Waals surface area contributed by atoms with Crippen LogP contribution < -0.4 is 15.4 Å². The summed E-state index contributed by atoms with van der Waals surface area (Å²) >= 11 is 6.25. The molecule has 2 N–H and O–H groups in total. The van der Waals surface area contributed by atoms with Crippen molar-refractivity contribution >= 4 is 51.3 Å². The Kier molecular flexibility index (Phi) is 5.27. The minimum absolute atomic E-state index is 0.0809. The highest BCUT2D eigenvalue weighted by Gasteiger charge is 2.13. The summed E-state index contributed by atoms with van der Waals surface area (Å²) in [7, 11) is 1.43. The molecule has 4 aromatic rings. The molecule has 150 valence electrons. The highest BCUT2D eigenvalue weighted by Crippen LogP contribution is 2.32. The minimum atomic E-state index is -0.494. The van der Waals surface area contributed by atoms with Gasteiger partial charge in [-0.1, -0.05) is 17.7 Å². The van der Waals surface area contributed by atoms with E-state index in [1.807, 2.05) is 30.3 Å². The van der Waals surface area contributed by atoms with E-state index in [0.29, 0.717) is 22.3 Å². The van der Waals surface area contributed by atoms with Crippen LogP contribution in [0, 0.1) is 10.1 Å². The lowest BCUT2D eigenvalue weighted by molar-refractivity contribution is -0.384. The van der Waals surface area contributed by atoms with Gasteiger partial charge in [0.1, 0.15) is 10.8 Å². The number of non-ortho nitro benzene ring substituents is 1. The van der Waals surface area contributed by atoms with E-state index < -0.39 is 4.92 Å². The fraction of sp³-hybridized carbons (Fsp3) is 0.0500. The zero-order chi connectivity index (χ0) is 21.1. The number of ether oxygens (including phenoxy) is 1. The zero-order valence-electron chi connectivity index (χ0n) is 15.7. The number of hydrogen-bond donors (Lipinski definition) is 2. The average molecular weight is 423 g/mol. The Morgan fingerprint density at radius 3 is 2.77 bits per heavy atom. The summed E-state index contributed by atoms with van der Waals surface area (Å²) in [4.78, 5) is 23.3. The molecule has 10 heteroatoms. The number of methoxy groups -OCH3 is 1. The van der Waals surface area contributed by atoms with Crippen molar-refractivity contribution in [3.05, 3.63) is 76.1 Å². The predicted molar refractivity (Wildman–Crippen MR) is 115 cm³/mol. The molecule has 4 rings (SSSR count). The van der Waals surface area contributed by atoms with Gasteiger partial charge in [-0.15, -0.1) is 0 Å². The van der Waals surface area contributed by atoms with Crippen LogP contribution in [0.15, 0.2) is 60.9 Å². The van der Waals surface area contributed by atoms with E-state index in [1.54, 1.807) is 6.20 Å². The number of nitro groups is 1. The predicted octanol–water partition coefficient (Wildman–Crippen LogP) is 5.08. The van der Waals surface area contributed by atoms with Crippen LogP contribution in [0.4, 0.5) is 28.8 Å². The molecule has 0 bridgehead atoms. The van der Waals surface area contributed by atoms with Crippen LogP contribution in [0.5, 0.6) is 5.75 Å². The summed E-state index contributed by atoms with van der Waals surface area (Å²) in [6, 6.07) is 13.7. The number of halogens is 1. The lowest BCUT2D eigenvalue weighted by Gasteiger charge is -2.12. The number of anilines is 4. The van der Waals surface area contributed by atoms with Crippen molar-refractivity contribution in [2.45, 2.75) is 0 Å². The third-order valence-electron chi connectivity index (χ3n) is 4.25. The van der Waals surface area contributed by atoms with Crippen LogP contribution in [-0.2, 0) is 0 Å². The van der Waals surface area contributed by atoms with E-state index in [9.17, 15) is 10.1 Å². The van der Waals surface area contributed by atoms with Crippen LogP contribution in [0.2, 0.25) is 5.02 Å². The molecule has 0 saturated carbocycles. The summed E-state index contributed by atoms with van der Waals surface area (Å²) < 4.78 is 5.23. The molecule has 0 aliphatic rings. The molecule has 0 atom stereocenters. The topological polar surface area (TPSA) is 115 Å². The van der Waals surface area contributed by atoms with Gasteiger partial charge in [-0.3, -0.25) is 15.1 Å². The Balaban J connectivity index is 1.61. The largest absolute Gasteiger partial charge is 0.494 e. The molecule has 0 unspecified atom stereocenters. The monoisotopic (exact) mass is 422 g/mol. The van der Waals surface area contributed by atoms with E-state index in [4.69, 9.17) is 16.3 Å². The van der Waals surface area contributed by atoms with Crippen molar-refractivity contribution in [1.82, 2.24) is 15.0 Å². The Morgan fingerprint density at radius 2 is 1.97 bits per heavy atom. The Labute approximate surface area is 175 Å². The molecule has 2 aromatic heterocycles. The van der Waals surface area contributed by atoms with Gasteiger partial charge in [0.05, 0.1) is 35.5 Å². The molecule has 0 spiro atoms. The molecule has 0 fully saturated rings. The number of rotatable bonds is 6. The molecule has 2 aromatic carbocycles. The Bertz CT molecular complexity index is 1250. The van der Waals surface area contributed by atoms with Gasteiger partial charge in [0.2, 0.25) is 5.95 Å². The normalized spacial score (nSPS) is 10.6. The molecule has 0 saturated heterocycles. The fourth-order valence-corrected chi connectivity index (χ4v) is 2.96. The van der Waals surface area contributed by atoms with Gasteiger partial charge >= 0.3 is 0 Å². The van der Waals surface area contributed by atoms with Crippen LogP contribution in [0.25, 0.3) is 10.9 Å². The number of nitrogens with one attached hydrogen (secondary N) is 2. The molecule has 0 amide bonds. The van der Waals surface area contributed by atoms with E-state index in [0.717, 1.165) is 16.6 Å². The standard InChI is InChI=1S/C20H15ClN6O3/c1-30-18-10-14(27(28)29)5-7-17(18)25-20-23-11-15(21)19(26-20)24-13-4-6-16-12(9-13)3-2-8-22-16/h2-11H,1H3,(H2,23,24,25,26). The third kappa shape index (κ3) is 4.06. The number of pyridine rings is 1. The summed E-state index contributed by atoms with van der Waals surface area (Å²) in [5, 5.41) is 18.4. The van der Waals surface area contributed by atoms with Gasteiger partial charge in [-0.05, 0) is 30.3 Å². The molecule has 0 radical (unpaired) electrons. The van der Waals surface area contributed by atoms with E-state index in [-0.39, 0.29) is 11.6 Å². The number of aromatic nitrogens is 3. The van der Waals surface area contributed by atoms with E-state index in [1.165, 1.54) is 31.5 Å². The maximum Gasteiger partial charge on any atom is 0.273 e. The van der Waals surface area contributed by atoms with Gasteiger partial charge in [-0.25, -0.2) is 4.98 Å². The maximum atomic E-state index is 11.0. The SMILES string of the molecule is COc1cc([N+](=O)[O-])ccc1Nc1ncc(Cl)c(Nc2ccc3ncccc3c2)n1. The van der Waals surface area contributed by atoms with E-state index >= 15 is 0 Å². The molecular formula is C20H15ClN6O3. The van der Waals surface area contributed by atoms with Crippen molar-refractivity contribution in [2.24, 2.45) is 0 Å². The number of nitro benzene ring substituents is 1. The maximum absolute atomic E-state index is 11.0. The summed E-state index contributed by atoms with van der Waals surface area (Å²) in [6.07, 6.45) is 3.20. The fourth-order valence-electron chi connectivity index (χ4n) is 2.82. The smallest absolute Gasteiger partial charge is 0.273 e. The summed E-state index contributed by atoms with van der Waals surface area (Å²) in [5.41, 5.74) is 2.06. The van der Waals surface area contributed by atoms with Gasteiger partial charge in [0.15, 0.2) is 5.82 Å². The highest BCUT2D eigenvalue weighted by atomic mass is 35.5. The lowest BCUT2D eigenvalue weighted by atomic mass is 10.2. The lowest BCUT2D eigenvalue weighted by Crippen LogP contribution is -2.03. The minimum Gasteiger partial charge on any atom is -0.494 e. The quantitative estimate of drug-likeness (QED) is 0.326. The highest BCUT2D eigenvalue weighted by molar-refractivity contribution is 6.32. The first-order valence-electron chi connectivity index (χ1n) is 8.77. The average Bonchev–Trinajstić information content (AvgIpc) is 2.76. The van der Waals surface area contributed by atoms with Crippen molar-refractivity contribution in [3.8, 4) is 5.75 Å². The second-order valence-corrected chi connectivity index (χ2v) is 6.60.